The molecule has 3 aromatic rings. The number of amides is 2. The average molecular weight is 476 g/mol. The van der Waals surface area contributed by atoms with Gasteiger partial charge in [-0.2, -0.15) is 0 Å². The molecule has 0 unspecified atom stereocenters. The summed E-state index contributed by atoms with van der Waals surface area (Å²) in [5, 5.41) is 2.94. The van der Waals surface area contributed by atoms with Gasteiger partial charge in [0.05, 0.1) is 6.42 Å². The van der Waals surface area contributed by atoms with Gasteiger partial charge in [0, 0.05) is 44.1 Å². The van der Waals surface area contributed by atoms with Crippen molar-refractivity contribution < 1.29 is 14.0 Å². The quantitative estimate of drug-likeness (QED) is 0.433. The fraction of sp³-hybridized carbons (Fsp3) is 0.310. The Morgan fingerprint density at radius 2 is 1.69 bits per heavy atom. The molecule has 0 aliphatic heterocycles. The van der Waals surface area contributed by atoms with E-state index in [1.165, 1.54) is 12.1 Å². The predicted molar refractivity (Wildman–Crippen MR) is 140 cm³/mol. The van der Waals surface area contributed by atoms with E-state index in [1.807, 2.05) is 73.3 Å². The molecule has 0 spiro atoms. The van der Waals surface area contributed by atoms with Crippen LogP contribution in [-0.4, -0.2) is 37.4 Å². The second-order valence-electron chi connectivity index (χ2n) is 9.54. The van der Waals surface area contributed by atoms with Crippen molar-refractivity contribution in [1.82, 2.24) is 4.90 Å². The van der Waals surface area contributed by atoms with Crippen molar-refractivity contribution in [3.63, 3.8) is 0 Å². The summed E-state index contributed by atoms with van der Waals surface area (Å²) in [6, 6.07) is 19.3. The summed E-state index contributed by atoms with van der Waals surface area (Å²) < 4.78 is 13.2. The van der Waals surface area contributed by atoms with Crippen LogP contribution in [0.1, 0.15) is 40.9 Å². The number of carbonyl (C=O) groups excluding carboxylic acids is 2. The Morgan fingerprint density at radius 3 is 2.31 bits per heavy atom. The van der Waals surface area contributed by atoms with Gasteiger partial charge in [-0.15, -0.1) is 0 Å². The molecule has 0 fully saturated rings. The van der Waals surface area contributed by atoms with Crippen molar-refractivity contribution in [3.8, 4) is 0 Å². The molecule has 0 aliphatic rings. The van der Waals surface area contributed by atoms with Crippen LogP contribution in [0.25, 0.3) is 0 Å². The van der Waals surface area contributed by atoms with Gasteiger partial charge in [0.15, 0.2) is 0 Å². The number of benzene rings is 3. The highest BCUT2D eigenvalue weighted by Gasteiger charge is 2.20. The highest BCUT2D eigenvalue weighted by atomic mass is 19.1. The highest BCUT2D eigenvalue weighted by molar-refractivity contribution is 5.95. The van der Waals surface area contributed by atoms with Gasteiger partial charge in [0.1, 0.15) is 5.82 Å². The second-order valence-corrected chi connectivity index (χ2v) is 9.54. The maximum absolute atomic E-state index is 13.4. The lowest BCUT2D eigenvalue weighted by molar-refractivity contribution is -0.115. The summed E-state index contributed by atoms with van der Waals surface area (Å²) in [6.07, 6.45) is 0.149. The number of halogens is 1. The minimum absolute atomic E-state index is 0.0159. The van der Waals surface area contributed by atoms with Crippen molar-refractivity contribution in [2.45, 2.75) is 33.7 Å². The van der Waals surface area contributed by atoms with Crippen molar-refractivity contribution >= 4 is 23.2 Å². The van der Waals surface area contributed by atoms with E-state index in [2.05, 4.69) is 19.2 Å². The molecule has 0 radical (unpaired) electrons. The molecule has 3 aromatic carbocycles. The van der Waals surface area contributed by atoms with E-state index in [-0.39, 0.29) is 24.1 Å². The zero-order chi connectivity index (χ0) is 25.5. The number of hydrogen-bond donors (Lipinski definition) is 1. The van der Waals surface area contributed by atoms with Crippen LogP contribution >= 0.6 is 0 Å². The van der Waals surface area contributed by atoms with Crippen LogP contribution in [0.15, 0.2) is 66.7 Å². The van der Waals surface area contributed by atoms with E-state index in [0.717, 1.165) is 22.4 Å². The Hall–Kier alpha value is -3.67. The molecule has 6 heteroatoms. The first kappa shape index (κ1) is 25.9. The number of nitrogens with zero attached hydrogens (tertiary/aromatic N) is 2. The summed E-state index contributed by atoms with van der Waals surface area (Å²) in [4.78, 5) is 29.9. The fourth-order valence-corrected chi connectivity index (χ4v) is 4.05. The SMILES string of the molecule is Cc1cccc(C(=O)N(Cc2cc(NC(=O)Cc3ccc(F)cc3)ccc2N(C)C)CC(C)C)c1. The fourth-order valence-electron chi connectivity index (χ4n) is 4.05. The molecule has 3 rings (SSSR count). The zero-order valence-electron chi connectivity index (χ0n) is 21.1. The lowest BCUT2D eigenvalue weighted by atomic mass is 10.1. The van der Waals surface area contributed by atoms with Crippen LogP contribution in [0.5, 0.6) is 0 Å². The van der Waals surface area contributed by atoms with E-state index in [1.54, 1.807) is 12.1 Å². The molecule has 5 nitrogen and oxygen atoms in total. The number of rotatable bonds is 9. The normalized spacial score (nSPS) is 10.8. The van der Waals surface area contributed by atoms with Crippen LogP contribution in [0, 0.1) is 18.7 Å². The van der Waals surface area contributed by atoms with Crippen LogP contribution in [0.3, 0.4) is 0 Å². The maximum atomic E-state index is 13.4. The third-order valence-electron chi connectivity index (χ3n) is 5.62. The minimum atomic E-state index is -0.329. The number of nitrogens with one attached hydrogen (secondary N) is 1. The van der Waals surface area contributed by atoms with Gasteiger partial charge in [-0.25, -0.2) is 4.39 Å². The molecule has 1 N–H and O–H groups in total. The van der Waals surface area contributed by atoms with Crippen molar-refractivity contribution in [2.75, 3.05) is 30.9 Å². The Bertz CT molecular complexity index is 1170. The Morgan fingerprint density at radius 1 is 0.971 bits per heavy atom. The monoisotopic (exact) mass is 475 g/mol. The first-order valence-electron chi connectivity index (χ1n) is 11.8. The van der Waals surface area contributed by atoms with E-state index in [0.29, 0.717) is 30.3 Å². The molecule has 2 amide bonds. The van der Waals surface area contributed by atoms with Crippen LogP contribution < -0.4 is 10.2 Å². The maximum Gasteiger partial charge on any atom is 0.254 e. The molecular weight excluding hydrogens is 441 g/mol. The largest absolute Gasteiger partial charge is 0.377 e. The lowest BCUT2D eigenvalue weighted by Crippen LogP contribution is -2.34. The predicted octanol–water partition coefficient (Wildman–Crippen LogP) is 5.68. The van der Waals surface area contributed by atoms with Gasteiger partial charge < -0.3 is 15.1 Å². The van der Waals surface area contributed by atoms with Gasteiger partial charge in [-0.3, -0.25) is 9.59 Å². The van der Waals surface area contributed by atoms with E-state index in [4.69, 9.17) is 0 Å². The molecular formula is C29H34FN3O2. The summed E-state index contributed by atoms with van der Waals surface area (Å²) in [5.74, 6) is -0.234. The Balaban J connectivity index is 1.84. The summed E-state index contributed by atoms with van der Waals surface area (Å²) in [6.45, 7) is 7.19. The molecule has 0 aliphatic carbocycles. The molecule has 35 heavy (non-hydrogen) atoms. The molecule has 0 saturated carbocycles. The van der Waals surface area contributed by atoms with Gasteiger partial charge in [-0.1, -0.05) is 43.7 Å². The van der Waals surface area contributed by atoms with Crippen molar-refractivity contribution in [3.05, 3.63) is 94.8 Å². The standard InChI is InChI=1S/C29H34FN3O2/c1-20(2)18-33(29(35)23-8-6-7-21(3)15-23)19-24-17-26(13-14-27(24)32(4)5)31-28(34)16-22-9-11-25(30)12-10-22/h6-15,17,20H,16,18-19H2,1-5H3,(H,31,34). The third kappa shape index (κ3) is 7.41. The molecule has 0 heterocycles. The van der Waals surface area contributed by atoms with Crippen molar-refractivity contribution in [1.29, 1.82) is 0 Å². The van der Waals surface area contributed by atoms with E-state index in [9.17, 15) is 14.0 Å². The highest BCUT2D eigenvalue weighted by Crippen LogP contribution is 2.26. The van der Waals surface area contributed by atoms with Crippen LogP contribution in [0.2, 0.25) is 0 Å². The van der Waals surface area contributed by atoms with Crippen molar-refractivity contribution in [2.24, 2.45) is 5.92 Å². The van der Waals surface area contributed by atoms with E-state index >= 15 is 0 Å². The second kappa shape index (κ2) is 11.6. The topological polar surface area (TPSA) is 52.7 Å². The average Bonchev–Trinajstić information content (AvgIpc) is 2.79. The number of carbonyl (C=O) groups is 2. The van der Waals surface area contributed by atoms with Crippen LogP contribution in [-0.2, 0) is 17.8 Å². The summed E-state index contributed by atoms with van der Waals surface area (Å²) in [5.41, 5.74) is 5.02. The van der Waals surface area contributed by atoms with Gasteiger partial charge >= 0.3 is 0 Å². The first-order valence-corrected chi connectivity index (χ1v) is 11.8. The Kier molecular flexibility index (Phi) is 8.63. The van der Waals surface area contributed by atoms with E-state index < -0.39 is 0 Å². The summed E-state index contributed by atoms with van der Waals surface area (Å²) >= 11 is 0. The molecule has 0 aromatic heterocycles. The smallest absolute Gasteiger partial charge is 0.254 e. The number of hydrogen-bond acceptors (Lipinski definition) is 3. The van der Waals surface area contributed by atoms with Gasteiger partial charge in [0.2, 0.25) is 5.91 Å². The van der Waals surface area contributed by atoms with Gasteiger partial charge in [-0.05, 0) is 66.4 Å². The van der Waals surface area contributed by atoms with Gasteiger partial charge in [0.25, 0.3) is 5.91 Å². The zero-order valence-corrected chi connectivity index (χ0v) is 21.1. The number of anilines is 2. The molecule has 0 saturated heterocycles. The molecule has 184 valence electrons. The Labute approximate surface area is 207 Å². The minimum Gasteiger partial charge on any atom is -0.377 e. The number of aryl methyl sites for hydroxylation is 1. The summed E-state index contributed by atoms with van der Waals surface area (Å²) in [7, 11) is 3.92. The van der Waals surface area contributed by atoms with Crippen LogP contribution in [0.4, 0.5) is 15.8 Å². The molecule has 0 bridgehead atoms. The third-order valence-corrected chi connectivity index (χ3v) is 5.62. The lowest BCUT2D eigenvalue weighted by Gasteiger charge is -2.28. The molecule has 0 atom stereocenters. The first-order chi connectivity index (χ1) is 16.6.